The van der Waals surface area contributed by atoms with Crippen LogP contribution in [0.1, 0.15) is 52.4 Å². The van der Waals surface area contributed by atoms with Crippen molar-refractivity contribution in [2.45, 2.75) is 65.0 Å². The number of hydrogen-bond acceptors (Lipinski definition) is 2. The molecule has 0 spiro atoms. The lowest BCUT2D eigenvalue weighted by atomic mass is 9.73. The molecule has 128 valence electrons. The highest BCUT2D eigenvalue weighted by Gasteiger charge is 2.32. The largest absolute Gasteiger partial charge is 0.338 e. The van der Waals surface area contributed by atoms with E-state index in [0.29, 0.717) is 13.1 Å². The van der Waals surface area contributed by atoms with Gasteiger partial charge in [0.1, 0.15) is 0 Å². The summed E-state index contributed by atoms with van der Waals surface area (Å²) in [6, 6.07) is 5.37. The molecule has 2 amide bonds. The topological polar surface area (TPSA) is 63.1 Å². The Kier molecular flexibility index (Phi) is 6.25. The van der Waals surface area contributed by atoms with Crippen molar-refractivity contribution in [3.05, 3.63) is 34.7 Å². The van der Waals surface area contributed by atoms with Gasteiger partial charge in [0, 0.05) is 31.4 Å². The molecule has 5 nitrogen and oxygen atoms in total. The molecule has 0 aliphatic heterocycles. The summed E-state index contributed by atoms with van der Waals surface area (Å²) in [6.07, 6.45) is 8.22. The number of rotatable bonds is 6. The molecule has 0 bridgehead atoms. The Morgan fingerprint density at radius 2 is 2.13 bits per heavy atom. The summed E-state index contributed by atoms with van der Waals surface area (Å²) in [6.45, 7) is 5.79. The first-order chi connectivity index (χ1) is 11.0. The van der Waals surface area contributed by atoms with E-state index in [2.05, 4.69) is 24.5 Å². The summed E-state index contributed by atoms with van der Waals surface area (Å²) >= 11 is 0. The Bertz CT molecular complexity index is 565. The summed E-state index contributed by atoms with van der Waals surface area (Å²) in [5.41, 5.74) is 0.210. The van der Waals surface area contributed by atoms with Gasteiger partial charge in [-0.1, -0.05) is 32.8 Å². The van der Waals surface area contributed by atoms with E-state index in [1.54, 1.807) is 22.9 Å². The zero-order valence-electron chi connectivity index (χ0n) is 14.3. The first-order valence-electron chi connectivity index (χ1n) is 8.69. The van der Waals surface area contributed by atoms with Crippen LogP contribution in [0.25, 0.3) is 0 Å². The molecule has 0 radical (unpaired) electrons. The van der Waals surface area contributed by atoms with E-state index >= 15 is 0 Å². The van der Waals surface area contributed by atoms with E-state index in [1.165, 1.54) is 19.3 Å². The number of carbonyl (C=O) groups is 1. The highest BCUT2D eigenvalue weighted by molar-refractivity contribution is 5.74. The summed E-state index contributed by atoms with van der Waals surface area (Å²) in [5.74, 6) is 0. The minimum Gasteiger partial charge on any atom is -0.338 e. The van der Waals surface area contributed by atoms with Crippen LogP contribution in [0.3, 0.4) is 0 Å². The average Bonchev–Trinajstić information content (AvgIpc) is 2.51. The molecule has 1 saturated carbocycles. The maximum Gasteiger partial charge on any atom is 0.315 e. The van der Waals surface area contributed by atoms with E-state index in [0.717, 1.165) is 19.3 Å². The van der Waals surface area contributed by atoms with Gasteiger partial charge in [-0.25, -0.2) is 4.79 Å². The van der Waals surface area contributed by atoms with Gasteiger partial charge >= 0.3 is 6.03 Å². The molecule has 1 aliphatic rings. The third-order valence-corrected chi connectivity index (χ3v) is 4.82. The van der Waals surface area contributed by atoms with Crippen molar-refractivity contribution < 1.29 is 4.79 Å². The second-order valence-corrected chi connectivity index (χ2v) is 7.13. The van der Waals surface area contributed by atoms with Crippen LogP contribution >= 0.6 is 0 Å². The molecule has 1 aromatic rings. The van der Waals surface area contributed by atoms with Gasteiger partial charge in [-0.3, -0.25) is 4.79 Å². The zero-order chi connectivity index (χ0) is 16.7. The second-order valence-electron chi connectivity index (χ2n) is 7.13. The molecule has 1 fully saturated rings. The molecule has 0 aromatic carbocycles. The summed E-state index contributed by atoms with van der Waals surface area (Å²) in [7, 11) is 0. The Morgan fingerprint density at radius 3 is 2.87 bits per heavy atom. The Hall–Kier alpha value is -1.78. The second kappa shape index (κ2) is 8.18. The van der Waals surface area contributed by atoms with Crippen LogP contribution in [-0.4, -0.2) is 23.2 Å². The lowest BCUT2D eigenvalue weighted by Gasteiger charge is -2.38. The number of aryl methyl sites for hydroxylation is 1. The number of pyridine rings is 1. The minimum atomic E-state index is -0.0677. The van der Waals surface area contributed by atoms with Crippen molar-refractivity contribution in [3.8, 4) is 0 Å². The zero-order valence-corrected chi connectivity index (χ0v) is 14.3. The predicted octanol–water partition coefficient (Wildman–Crippen LogP) is 2.90. The lowest BCUT2D eigenvalue weighted by molar-refractivity contribution is 0.166. The normalized spacial score (nSPS) is 20.0. The predicted molar refractivity (Wildman–Crippen MR) is 92.5 cm³/mol. The molecule has 5 heteroatoms. The van der Waals surface area contributed by atoms with Gasteiger partial charge in [-0.05, 0) is 37.2 Å². The number of amides is 2. The van der Waals surface area contributed by atoms with Gasteiger partial charge in [-0.2, -0.15) is 0 Å². The van der Waals surface area contributed by atoms with E-state index in [9.17, 15) is 9.59 Å². The SMILES string of the molecule is CC1(C)CCCC[C@@H]1NC(=O)NCCCCn1ccccc1=O. The third-order valence-electron chi connectivity index (χ3n) is 4.82. The molecular formula is C18H29N3O2. The number of urea groups is 1. The van der Waals surface area contributed by atoms with E-state index in [-0.39, 0.29) is 23.0 Å². The Labute approximate surface area is 138 Å². The number of carbonyl (C=O) groups excluding carboxylic acids is 1. The van der Waals surface area contributed by atoms with Gasteiger partial charge in [0.2, 0.25) is 5.56 Å². The van der Waals surface area contributed by atoms with Crippen LogP contribution in [0.4, 0.5) is 4.79 Å². The molecule has 1 atom stereocenters. The molecule has 23 heavy (non-hydrogen) atoms. The van der Waals surface area contributed by atoms with Crippen LogP contribution < -0.4 is 16.2 Å². The number of aromatic nitrogens is 1. The van der Waals surface area contributed by atoms with Crippen molar-refractivity contribution >= 4 is 6.03 Å². The number of nitrogens with one attached hydrogen (secondary N) is 2. The molecule has 2 N–H and O–H groups in total. The van der Waals surface area contributed by atoms with E-state index in [1.807, 2.05) is 6.07 Å². The number of hydrogen-bond donors (Lipinski definition) is 2. The van der Waals surface area contributed by atoms with Crippen molar-refractivity contribution in [1.29, 1.82) is 0 Å². The fourth-order valence-electron chi connectivity index (χ4n) is 3.23. The van der Waals surface area contributed by atoms with Crippen molar-refractivity contribution in [2.24, 2.45) is 5.41 Å². The standard InChI is InChI=1S/C18H29N3O2/c1-18(2)11-5-3-9-15(18)20-17(23)19-12-6-8-14-21-13-7-4-10-16(21)22/h4,7,10,13,15H,3,5-6,8-9,11-12,14H2,1-2H3,(H2,19,20,23)/t15-/m0/s1. The minimum absolute atomic E-state index is 0.0257. The van der Waals surface area contributed by atoms with Crippen molar-refractivity contribution in [2.75, 3.05) is 6.54 Å². The molecule has 0 saturated heterocycles. The maximum atomic E-state index is 12.0. The third kappa shape index (κ3) is 5.41. The molecule has 0 unspecified atom stereocenters. The number of nitrogens with zero attached hydrogens (tertiary/aromatic N) is 1. The van der Waals surface area contributed by atoms with Gasteiger partial charge in [0.25, 0.3) is 0 Å². The van der Waals surface area contributed by atoms with Crippen molar-refractivity contribution in [1.82, 2.24) is 15.2 Å². The first kappa shape index (κ1) is 17.6. The van der Waals surface area contributed by atoms with Gasteiger partial charge in [-0.15, -0.1) is 0 Å². The molecule has 1 heterocycles. The maximum absolute atomic E-state index is 12.0. The highest BCUT2D eigenvalue weighted by atomic mass is 16.2. The fourth-order valence-corrected chi connectivity index (χ4v) is 3.23. The van der Waals surface area contributed by atoms with Crippen LogP contribution in [0.2, 0.25) is 0 Å². The van der Waals surface area contributed by atoms with Crippen molar-refractivity contribution in [3.63, 3.8) is 0 Å². The molecular weight excluding hydrogens is 290 g/mol. The first-order valence-corrected chi connectivity index (χ1v) is 8.69. The Balaban J connectivity index is 1.63. The number of unbranched alkanes of at least 4 members (excludes halogenated alkanes) is 1. The average molecular weight is 319 g/mol. The van der Waals surface area contributed by atoms with E-state index < -0.39 is 0 Å². The fraction of sp³-hybridized carbons (Fsp3) is 0.667. The summed E-state index contributed by atoms with van der Waals surface area (Å²) < 4.78 is 1.70. The smallest absolute Gasteiger partial charge is 0.315 e. The lowest BCUT2D eigenvalue weighted by Crippen LogP contribution is -2.50. The summed E-state index contributed by atoms with van der Waals surface area (Å²) in [4.78, 5) is 23.6. The molecule has 1 aliphatic carbocycles. The molecule has 1 aromatic heterocycles. The van der Waals surface area contributed by atoms with Crippen LogP contribution in [0.5, 0.6) is 0 Å². The quantitative estimate of drug-likeness (QED) is 0.792. The molecule has 2 rings (SSSR count). The van der Waals surface area contributed by atoms with Gasteiger partial charge < -0.3 is 15.2 Å². The summed E-state index contributed by atoms with van der Waals surface area (Å²) in [5, 5.41) is 6.05. The highest BCUT2D eigenvalue weighted by Crippen LogP contribution is 2.35. The Morgan fingerprint density at radius 1 is 1.30 bits per heavy atom. The van der Waals surface area contributed by atoms with Crippen LogP contribution in [-0.2, 0) is 6.54 Å². The van der Waals surface area contributed by atoms with E-state index in [4.69, 9.17) is 0 Å². The van der Waals surface area contributed by atoms with Gasteiger partial charge in [0.05, 0.1) is 0 Å². The monoisotopic (exact) mass is 319 g/mol. The van der Waals surface area contributed by atoms with Crippen LogP contribution in [0, 0.1) is 5.41 Å². The van der Waals surface area contributed by atoms with Gasteiger partial charge in [0.15, 0.2) is 0 Å². The van der Waals surface area contributed by atoms with Crippen LogP contribution in [0.15, 0.2) is 29.2 Å².